The zero-order chi connectivity index (χ0) is 19.6. The average molecular weight is 420 g/mol. The predicted octanol–water partition coefficient (Wildman–Crippen LogP) is 4.60. The molecule has 0 aliphatic carbocycles. The smallest absolute Gasteiger partial charge is 0.344 e. The number of nitrogens with zero attached hydrogens (tertiary/aromatic N) is 1. The summed E-state index contributed by atoms with van der Waals surface area (Å²) < 4.78 is 5.79. The van der Waals surface area contributed by atoms with Crippen LogP contribution in [0.4, 0.5) is 5.69 Å². The first kappa shape index (κ1) is 19.4. The number of rotatable bonds is 5. The maximum atomic E-state index is 12.8. The molecule has 2 aromatic rings. The third-order valence-electron chi connectivity index (χ3n) is 3.70. The molecule has 0 aromatic heterocycles. The summed E-state index contributed by atoms with van der Waals surface area (Å²) in [6.45, 7) is 1.45. The van der Waals surface area contributed by atoms with Crippen LogP contribution in [0.15, 0.2) is 53.4 Å². The molecule has 1 unspecified atom stereocenters. The van der Waals surface area contributed by atoms with Crippen LogP contribution in [-0.2, 0) is 9.59 Å². The zero-order valence-corrected chi connectivity index (χ0v) is 16.5. The van der Waals surface area contributed by atoms with Crippen LogP contribution in [0.2, 0.25) is 5.02 Å². The minimum atomic E-state index is -1.05. The SMILES string of the molecule is CC(Oc1cccc(/C=C2/SC(=S)N(c3ccc(Cl)cc3)C2=O)c1)C(=O)O. The first-order valence-corrected chi connectivity index (χ1v) is 9.48. The van der Waals surface area contributed by atoms with E-state index < -0.39 is 12.1 Å². The summed E-state index contributed by atoms with van der Waals surface area (Å²) in [6.07, 6.45) is 0.733. The number of thioether (sulfide) groups is 1. The Morgan fingerprint density at radius 3 is 2.67 bits per heavy atom. The highest BCUT2D eigenvalue weighted by Gasteiger charge is 2.33. The second-order valence-corrected chi connectivity index (χ2v) is 7.78. The van der Waals surface area contributed by atoms with Gasteiger partial charge in [0.1, 0.15) is 5.75 Å². The van der Waals surface area contributed by atoms with Gasteiger partial charge in [0.2, 0.25) is 0 Å². The van der Waals surface area contributed by atoms with Crippen LogP contribution in [0.3, 0.4) is 0 Å². The van der Waals surface area contributed by atoms with Crippen molar-refractivity contribution in [3.8, 4) is 5.75 Å². The second-order valence-electron chi connectivity index (χ2n) is 5.66. The fourth-order valence-electron chi connectivity index (χ4n) is 2.36. The van der Waals surface area contributed by atoms with Crippen molar-refractivity contribution >= 4 is 63.5 Å². The number of aliphatic carboxylic acids is 1. The van der Waals surface area contributed by atoms with Crippen LogP contribution in [0.1, 0.15) is 12.5 Å². The highest BCUT2D eigenvalue weighted by molar-refractivity contribution is 8.27. The summed E-state index contributed by atoms with van der Waals surface area (Å²) in [5.74, 6) is -0.867. The Kier molecular flexibility index (Phi) is 5.84. The number of hydrogen-bond acceptors (Lipinski definition) is 5. The molecule has 27 heavy (non-hydrogen) atoms. The van der Waals surface area contributed by atoms with Crippen molar-refractivity contribution in [2.75, 3.05) is 4.90 Å². The number of carboxylic acid groups (broad SMARTS) is 1. The second kappa shape index (κ2) is 8.12. The van der Waals surface area contributed by atoms with Crippen LogP contribution in [0.25, 0.3) is 6.08 Å². The molecule has 3 rings (SSSR count). The Bertz CT molecular complexity index is 943. The lowest BCUT2D eigenvalue weighted by Gasteiger charge is -2.14. The third-order valence-corrected chi connectivity index (χ3v) is 5.25. The van der Waals surface area contributed by atoms with Gasteiger partial charge in [0.05, 0.1) is 10.6 Å². The molecule has 1 heterocycles. The minimum Gasteiger partial charge on any atom is -0.479 e. The molecule has 1 atom stereocenters. The summed E-state index contributed by atoms with van der Waals surface area (Å²) in [6, 6.07) is 13.7. The summed E-state index contributed by atoms with van der Waals surface area (Å²) in [7, 11) is 0. The van der Waals surface area contributed by atoms with Crippen molar-refractivity contribution in [2.24, 2.45) is 0 Å². The zero-order valence-electron chi connectivity index (χ0n) is 14.1. The Morgan fingerprint density at radius 1 is 1.30 bits per heavy atom. The van der Waals surface area contributed by atoms with E-state index in [1.54, 1.807) is 54.6 Å². The Hall–Kier alpha value is -2.35. The average Bonchev–Trinajstić information content (AvgIpc) is 2.90. The molecule has 8 heteroatoms. The first-order chi connectivity index (χ1) is 12.8. The standard InChI is InChI=1S/C19H14ClNO4S2/c1-11(18(23)24)25-15-4-2-3-12(9-15)10-16-17(22)21(19(26)27-16)14-7-5-13(20)6-8-14/h2-11H,1H3,(H,23,24)/b16-10+. The quantitative estimate of drug-likeness (QED) is 0.564. The van der Waals surface area contributed by atoms with Crippen molar-refractivity contribution in [3.05, 3.63) is 64.0 Å². The molecule has 1 N–H and O–H groups in total. The minimum absolute atomic E-state index is 0.224. The number of anilines is 1. The fourth-order valence-corrected chi connectivity index (χ4v) is 3.79. The number of amides is 1. The van der Waals surface area contributed by atoms with Gasteiger partial charge in [-0.15, -0.1) is 0 Å². The highest BCUT2D eigenvalue weighted by Crippen LogP contribution is 2.36. The Morgan fingerprint density at radius 2 is 2.00 bits per heavy atom. The monoisotopic (exact) mass is 419 g/mol. The lowest BCUT2D eigenvalue weighted by Crippen LogP contribution is -2.27. The van der Waals surface area contributed by atoms with Gasteiger partial charge in [-0.1, -0.05) is 47.7 Å². The van der Waals surface area contributed by atoms with E-state index >= 15 is 0 Å². The van der Waals surface area contributed by atoms with E-state index in [0.717, 1.165) is 0 Å². The van der Waals surface area contributed by atoms with E-state index in [0.29, 0.717) is 31.2 Å². The largest absolute Gasteiger partial charge is 0.479 e. The van der Waals surface area contributed by atoms with Crippen LogP contribution in [0.5, 0.6) is 5.75 Å². The molecule has 0 saturated carbocycles. The molecule has 138 valence electrons. The van der Waals surface area contributed by atoms with E-state index in [2.05, 4.69) is 0 Å². The lowest BCUT2D eigenvalue weighted by atomic mass is 10.2. The molecule has 0 radical (unpaired) electrons. The first-order valence-electron chi connectivity index (χ1n) is 7.88. The number of halogens is 1. The topological polar surface area (TPSA) is 66.8 Å². The van der Waals surface area contributed by atoms with Gasteiger partial charge < -0.3 is 9.84 Å². The number of hydrogen-bond donors (Lipinski definition) is 1. The molecule has 2 aromatic carbocycles. The van der Waals surface area contributed by atoms with Crippen molar-refractivity contribution in [1.82, 2.24) is 0 Å². The summed E-state index contributed by atoms with van der Waals surface area (Å²) in [5.41, 5.74) is 1.36. The van der Waals surface area contributed by atoms with Gasteiger partial charge in [0.25, 0.3) is 5.91 Å². The van der Waals surface area contributed by atoms with E-state index in [-0.39, 0.29) is 5.91 Å². The Labute approximate surface area is 170 Å². The third kappa shape index (κ3) is 4.50. The van der Waals surface area contributed by atoms with Crippen molar-refractivity contribution < 1.29 is 19.4 Å². The van der Waals surface area contributed by atoms with E-state index in [4.69, 9.17) is 33.7 Å². The van der Waals surface area contributed by atoms with E-state index in [9.17, 15) is 9.59 Å². The maximum absolute atomic E-state index is 12.8. The van der Waals surface area contributed by atoms with Gasteiger partial charge in [0, 0.05) is 5.02 Å². The predicted molar refractivity (Wildman–Crippen MR) is 111 cm³/mol. The van der Waals surface area contributed by atoms with Gasteiger partial charge >= 0.3 is 5.97 Å². The van der Waals surface area contributed by atoms with E-state index in [1.165, 1.54) is 23.6 Å². The van der Waals surface area contributed by atoms with Gasteiger partial charge in [0.15, 0.2) is 10.4 Å². The molecule has 5 nitrogen and oxygen atoms in total. The molecular weight excluding hydrogens is 406 g/mol. The molecule has 1 aliphatic rings. The summed E-state index contributed by atoms with van der Waals surface area (Å²) in [4.78, 5) is 25.6. The number of carbonyl (C=O) groups excluding carboxylic acids is 1. The normalized spacial score (nSPS) is 16.7. The number of carboxylic acids is 1. The van der Waals surface area contributed by atoms with Gasteiger partial charge in [-0.3, -0.25) is 9.69 Å². The molecule has 1 saturated heterocycles. The molecule has 0 spiro atoms. The van der Waals surface area contributed by atoms with Crippen molar-refractivity contribution in [1.29, 1.82) is 0 Å². The summed E-state index contributed by atoms with van der Waals surface area (Å²) >= 11 is 12.4. The number of thiocarbonyl (C=S) groups is 1. The van der Waals surface area contributed by atoms with Crippen LogP contribution < -0.4 is 9.64 Å². The van der Waals surface area contributed by atoms with E-state index in [1.807, 2.05) is 0 Å². The van der Waals surface area contributed by atoms with Crippen molar-refractivity contribution in [2.45, 2.75) is 13.0 Å². The van der Waals surface area contributed by atoms with Crippen molar-refractivity contribution in [3.63, 3.8) is 0 Å². The highest BCUT2D eigenvalue weighted by atomic mass is 35.5. The lowest BCUT2D eigenvalue weighted by molar-refractivity contribution is -0.144. The summed E-state index contributed by atoms with van der Waals surface area (Å²) in [5, 5.41) is 9.52. The molecule has 1 fully saturated rings. The van der Waals surface area contributed by atoms with Gasteiger partial charge in [-0.2, -0.15) is 0 Å². The Balaban J connectivity index is 1.83. The van der Waals surface area contributed by atoms with Crippen LogP contribution in [-0.4, -0.2) is 27.4 Å². The molecule has 1 aliphatic heterocycles. The number of benzene rings is 2. The van der Waals surface area contributed by atoms with Crippen LogP contribution in [0, 0.1) is 0 Å². The number of ether oxygens (including phenoxy) is 1. The fraction of sp³-hybridized carbons (Fsp3) is 0.105. The maximum Gasteiger partial charge on any atom is 0.344 e. The van der Waals surface area contributed by atoms with Gasteiger partial charge in [-0.05, 0) is 55.0 Å². The molecular formula is C19H14ClNO4S2. The molecule has 1 amide bonds. The number of carbonyl (C=O) groups is 2. The van der Waals surface area contributed by atoms with Crippen LogP contribution >= 0.6 is 35.6 Å². The molecule has 0 bridgehead atoms. The van der Waals surface area contributed by atoms with Gasteiger partial charge in [-0.25, -0.2) is 4.79 Å².